The van der Waals surface area contributed by atoms with E-state index in [1.54, 1.807) is 51.1 Å². The predicted molar refractivity (Wildman–Crippen MR) is 84.3 cm³/mol. The van der Waals surface area contributed by atoms with E-state index in [0.717, 1.165) is 0 Å². The summed E-state index contributed by atoms with van der Waals surface area (Å²) < 4.78 is 9.92. The van der Waals surface area contributed by atoms with E-state index in [9.17, 15) is 19.5 Å². The van der Waals surface area contributed by atoms with Crippen molar-refractivity contribution in [2.24, 2.45) is 17.4 Å². The van der Waals surface area contributed by atoms with Gasteiger partial charge in [0.25, 0.3) is 0 Å². The summed E-state index contributed by atoms with van der Waals surface area (Å²) in [5, 5.41) is 9.26. The summed E-state index contributed by atoms with van der Waals surface area (Å²) in [6.07, 6.45) is 0. The van der Waals surface area contributed by atoms with Gasteiger partial charge in [-0.1, -0.05) is 30.3 Å². The molecule has 0 aromatic heterocycles. The van der Waals surface area contributed by atoms with Crippen molar-refractivity contribution in [1.82, 2.24) is 0 Å². The van der Waals surface area contributed by atoms with E-state index in [1.807, 2.05) is 0 Å². The number of hydrogen-bond acceptors (Lipinski definition) is 7. The number of carbonyl (C=O) groups is 3. The van der Waals surface area contributed by atoms with Crippen LogP contribution in [0.3, 0.4) is 0 Å². The van der Waals surface area contributed by atoms with Crippen molar-refractivity contribution >= 4 is 17.9 Å². The van der Waals surface area contributed by atoms with Gasteiger partial charge >= 0.3 is 17.9 Å². The van der Waals surface area contributed by atoms with E-state index in [-0.39, 0.29) is 6.61 Å². The number of carbonyl (C=O) groups excluding carboxylic acids is 2. The molecule has 8 nitrogen and oxygen atoms in total. The molecule has 0 fully saturated rings. The summed E-state index contributed by atoms with van der Waals surface area (Å²) in [6, 6.07) is 8.62. The quantitative estimate of drug-likeness (QED) is 0.384. The number of ether oxygens (including phenoxy) is 2. The lowest BCUT2D eigenvalue weighted by Gasteiger charge is -2.30. The molecular weight excluding hydrogens is 316 g/mol. The van der Waals surface area contributed by atoms with Gasteiger partial charge in [-0.05, 0) is 26.3 Å². The first-order valence-electron chi connectivity index (χ1n) is 7.19. The molecule has 0 saturated heterocycles. The molecule has 0 radical (unpaired) electrons. The molecule has 0 bridgehead atoms. The van der Waals surface area contributed by atoms with Crippen molar-refractivity contribution in [2.45, 2.75) is 38.6 Å². The van der Waals surface area contributed by atoms with Gasteiger partial charge in [-0.2, -0.15) is 0 Å². The smallest absolute Gasteiger partial charge is 0.343 e. The molecule has 0 aliphatic carbocycles. The Hall–Kier alpha value is -2.45. The van der Waals surface area contributed by atoms with Crippen LogP contribution in [0.5, 0.6) is 0 Å². The van der Waals surface area contributed by atoms with Crippen molar-refractivity contribution < 1.29 is 29.0 Å². The molecule has 1 aromatic carbocycles. The van der Waals surface area contributed by atoms with Gasteiger partial charge in [0.2, 0.25) is 0 Å². The normalized spacial score (nSPS) is 13.0. The van der Waals surface area contributed by atoms with E-state index in [4.69, 9.17) is 20.9 Å². The van der Waals surface area contributed by atoms with Crippen LogP contribution in [-0.4, -0.2) is 34.3 Å². The third-order valence-electron chi connectivity index (χ3n) is 2.94. The maximum absolute atomic E-state index is 12.1. The molecule has 8 heteroatoms. The summed E-state index contributed by atoms with van der Waals surface area (Å²) in [5.41, 5.74) is 8.34. The average Bonchev–Trinajstić information content (AvgIpc) is 2.43. The van der Waals surface area contributed by atoms with Crippen molar-refractivity contribution in [1.29, 1.82) is 0 Å². The summed E-state index contributed by atoms with van der Waals surface area (Å²) in [4.78, 5) is 35.6. The van der Waals surface area contributed by atoms with Crippen molar-refractivity contribution in [2.75, 3.05) is 0 Å². The Morgan fingerprint density at radius 2 is 1.67 bits per heavy atom. The first-order valence-corrected chi connectivity index (χ1v) is 7.19. The Balaban J connectivity index is 2.89. The zero-order valence-corrected chi connectivity index (χ0v) is 13.8. The fourth-order valence-electron chi connectivity index (χ4n) is 1.80. The number of carboxylic acid groups (broad SMARTS) is 1. The summed E-state index contributed by atoms with van der Waals surface area (Å²) in [5.74, 6) is -6.21. The lowest BCUT2D eigenvalue weighted by Crippen LogP contribution is -2.67. The van der Waals surface area contributed by atoms with Gasteiger partial charge in [0.1, 0.15) is 12.2 Å². The highest BCUT2D eigenvalue weighted by molar-refractivity contribution is 6.01. The number of hydrogen-bond donors (Lipinski definition) is 3. The SMILES string of the molecule is CC(C)(C)OC(=O)C(N)(N)C(C(=O)O)C(=O)OCc1ccccc1. The van der Waals surface area contributed by atoms with E-state index in [1.165, 1.54) is 0 Å². The molecule has 5 N–H and O–H groups in total. The minimum absolute atomic E-state index is 0.173. The van der Waals surface area contributed by atoms with Gasteiger partial charge in [0.05, 0.1) is 0 Å². The molecule has 0 heterocycles. The van der Waals surface area contributed by atoms with Gasteiger partial charge in [0, 0.05) is 0 Å². The van der Waals surface area contributed by atoms with Crippen LogP contribution in [0.2, 0.25) is 0 Å². The third-order valence-corrected chi connectivity index (χ3v) is 2.94. The number of aliphatic carboxylic acids is 1. The summed E-state index contributed by atoms with van der Waals surface area (Å²) >= 11 is 0. The Kier molecular flexibility index (Phi) is 6.05. The Morgan fingerprint density at radius 3 is 2.12 bits per heavy atom. The van der Waals surface area contributed by atoms with Gasteiger partial charge in [-0.15, -0.1) is 0 Å². The largest absolute Gasteiger partial charge is 0.480 e. The third kappa shape index (κ3) is 5.32. The summed E-state index contributed by atoms with van der Waals surface area (Å²) in [7, 11) is 0. The van der Waals surface area contributed by atoms with Crippen LogP contribution in [0, 0.1) is 5.92 Å². The first kappa shape index (κ1) is 19.6. The molecule has 0 saturated carbocycles. The minimum Gasteiger partial charge on any atom is -0.480 e. The Labute approximate surface area is 139 Å². The molecule has 0 aliphatic rings. The van der Waals surface area contributed by atoms with Crippen LogP contribution in [0.15, 0.2) is 30.3 Å². The fraction of sp³-hybridized carbons (Fsp3) is 0.438. The lowest BCUT2D eigenvalue weighted by molar-refractivity contribution is -0.176. The molecule has 0 aliphatic heterocycles. The van der Waals surface area contributed by atoms with Crippen LogP contribution >= 0.6 is 0 Å². The monoisotopic (exact) mass is 338 g/mol. The van der Waals surface area contributed by atoms with Crippen LogP contribution in [0.25, 0.3) is 0 Å². The van der Waals surface area contributed by atoms with Gasteiger partial charge < -0.3 is 26.0 Å². The molecule has 1 unspecified atom stereocenters. The highest BCUT2D eigenvalue weighted by atomic mass is 16.6. The van der Waals surface area contributed by atoms with Gasteiger partial charge in [-0.3, -0.25) is 9.59 Å². The first-order chi connectivity index (χ1) is 10.9. The summed E-state index contributed by atoms with van der Waals surface area (Å²) in [6.45, 7) is 4.51. The highest BCUT2D eigenvalue weighted by Gasteiger charge is 2.51. The van der Waals surface area contributed by atoms with Crippen LogP contribution in [0.4, 0.5) is 0 Å². The number of rotatable bonds is 6. The van der Waals surface area contributed by atoms with Crippen LogP contribution < -0.4 is 11.5 Å². The molecule has 1 aromatic rings. The topological polar surface area (TPSA) is 142 Å². The molecule has 24 heavy (non-hydrogen) atoms. The number of nitrogens with two attached hydrogens (primary N) is 2. The molecular formula is C16H22N2O6. The second-order valence-corrected chi connectivity index (χ2v) is 6.30. The molecule has 1 rings (SSSR count). The molecule has 0 spiro atoms. The maximum Gasteiger partial charge on any atom is 0.343 e. The lowest BCUT2D eigenvalue weighted by atomic mass is 9.93. The second-order valence-electron chi connectivity index (χ2n) is 6.30. The van der Waals surface area contributed by atoms with Crippen LogP contribution in [0.1, 0.15) is 26.3 Å². The number of esters is 2. The predicted octanol–water partition coefficient (Wildman–Crippen LogP) is 0.386. The molecule has 0 amide bonds. The van der Waals surface area contributed by atoms with E-state index in [2.05, 4.69) is 0 Å². The van der Waals surface area contributed by atoms with Crippen LogP contribution in [-0.2, 0) is 30.5 Å². The van der Waals surface area contributed by atoms with E-state index in [0.29, 0.717) is 5.56 Å². The zero-order chi connectivity index (χ0) is 18.5. The highest BCUT2D eigenvalue weighted by Crippen LogP contribution is 2.19. The van der Waals surface area contributed by atoms with E-state index >= 15 is 0 Å². The standard InChI is InChI=1S/C16H22N2O6/c1-15(2,3)24-14(22)16(17,18)11(12(19)20)13(21)23-9-10-7-5-4-6-8-10/h4-8,11H,9,17-18H2,1-3H3,(H,19,20). The number of carboxylic acids is 1. The van der Waals surface area contributed by atoms with Gasteiger partial charge in [-0.25, -0.2) is 4.79 Å². The van der Waals surface area contributed by atoms with Gasteiger partial charge in [0.15, 0.2) is 11.6 Å². The zero-order valence-electron chi connectivity index (χ0n) is 13.8. The van der Waals surface area contributed by atoms with E-state index < -0.39 is 35.1 Å². The average molecular weight is 338 g/mol. The minimum atomic E-state index is -2.56. The number of benzene rings is 1. The Bertz CT molecular complexity index is 607. The Morgan fingerprint density at radius 1 is 1.12 bits per heavy atom. The van der Waals surface area contributed by atoms with Crippen molar-refractivity contribution in [3.63, 3.8) is 0 Å². The maximum atomic E-state index is 12.1. The van der Waals surface area contributed by atoms with Crippen molar-refractivity contribution in [3.05, 3.63) is 35.9 Å². The fourth-order valence-corrected chi connectivity index (χ4v) is 1.80. The second kappa shape index (κ2) is 7.41. The molecule has 1 atom stereocenters. The van der Waals surface area contributed by atoms with Crippen molar-refractivity contribution in [3.8, 4) is 0 Å². The molecule has 132 valence electrons.